The van der Waals surface area contributed by atoms with E-state index in [9.17, 15) is 9.59 Å². The normalized spacial score (nSPS) is 18.2. The van der Waals surface area contributed by atoms with Crippen molar-refractivity contribution in [1.29, 1.82) is 0 Å². The van der Waals surface area contributed by atoms with E-state index >= 15 is 0 Å². The number of nitrogens with zero attached hydrogens (tertiary/aromatic N) is 4. The van der Waals surface area contributed by atoms with Gasteiger partial charge in [-0.1, -0.05) is 139 Å². The predicted octanol–water partition coefficient (Wildman–Crippen LogP) is 13.8. The number of allylic oxidation sites excluding steroid dienone is 6. The molecule has 6 aromatic carbocycles. The third-order valence-electron chi connectivity index (χ3n) is 12.6. The molecular weight excluding hydrogens is 860 g/mol. The molecule has 6 nitrogen and oxygen atoms in total. The van der Waals surface area contributed by atoms with Gasteiger partial charge < -0.3 is 9.80 Å². The van der Waals surface area contributed by atoms with Crippen LogP contribution in [0.2, 0.25) is 10.0 Å². The summed E-state index contributed by atoms with van der Waals surface area (Å²) in [6.07, 6.45) is 11.0. The summed E-state index contributed by atoms with van der Waals surface area (Å²) < 4.78 is 2.18. The number of carbonyl (C=O) groups is 2. The van der Waals surface area contributed by atoms with Gasteiger partial charge in [0.05, 0.1) is 28.2 Å². The van der Waals surface area contributed by atoms with Crippen LogP contribution >= 0.6 is 46.7 Å². The Bertz CT molecular complexity index is 2990. The van der Waals surface area contributed by atoms with Crippen LogP contribution in [0.25, 0.3) is 0 Å². The Morgan fingerprint density at radius 3 is 1.71 bits per heavy atom. The molecule has 312 valence electrons. The monoisotopic (exact) mass is 901 g/mol. The molecule has 0 aromatic heterocycles. The maximum atomic E-state index is 13.7. The average Bonchev–Trinajstić information content (AvgIpc) is 3.65. The summed E-state index contributed by atoms with van der Waals surface area (Å²) in [5.41, 5.74) is 8.98. The topological polar surface area (TPSA) is 46.9 Å². The SMILES string of the molecule is CC1(C)C(/C=C/C=C/C=C2\N(C(C=O)N3c4ccccc4Sc4ccc(Cl)cc43)c3ccccc3C2(C)C)=[N+](C(C=O)N2c3ccccc3Sc3ccc(Cl)cc32)c2ccccc21. The van der Waals surface area contributed by atoms with Crippen molar-refractivity contribution in [1.82, 2.24) is 0 Å². The van der Waals surface area contributed by atoms with E-state index < -0.39 is 23.2 Å². The Hall–Kier alpha value is -5.77. The zero-order valence-corrected chi connectivity index (χ0v) is 38.2. The number of rotatable bonds is 9. The summed E-state index contributed by atoms with van der Waals surface area (Å²) in [4.78, 5) is 38.0. The lowest BCUT2D eigenvalue weighted by molar-refractivity contribution is -0.462. The molecule has 4 aliphatic heterocycles. The molecule has 10 heteroatoms. The summed E-state index contributed by atoms with van der Waals surface area (Å²) in [6.45, 7) is 8.84. The van der Waals surface area contributed by atoms with Crippen LogP contribution in [-0.2, 0) is 20.4 Å². The average molecular weight is 903 g/mol. The maximum Gasteiger partial charge on any atom is 0.295 e. The van der Waals surface area contributed by atoms with E-state index in [2.05, 4.69) is 120 Å². The number of para-hydroxylation sites is 4. The lowest BCUT2D eigenvalue weighted by Crippen LogP contribution is -2.48. The van der Waals surface area contributed by atoms with Crippen molar-refractivity contribution in [2.24, 2.45) is 0 Å². The highest BCUT2D eigenvalue weighted by Crippen LogP contribution is 2.55. The minimum Gasteiger partial charge on any atom is -0.316 e. The minimum atomic E-state index is -0.720. The van der Waals surface area contributed by atoms with Crippen LogP contribution in [0.5, 0.6) is 0 Å². The Morgan fingerprint density at radius 2 is 1.08 bits per heavy atom. The molecule has 2 unspecified atom stereocenters. The van der Waals surface area contributed by atoms with Gasteiger partial charge in [-0.25, -0.2) is 0 Å². The number of halogens is 2. The van der Waals surface area contributed by atoms with Crippen LogP contribution in [0.3, 0.4) is 0 Å². The molecule has 0 fully saturated rings. The van der Waals surface area contributed by atoms with Gasteiger partial charge in [-0.05, 0) is 92.2 Å². The van der Waals surface area contributed by atoms with E-state index in [0.717, 1.165) is 88.8 Å². The van der Waals surface area contributed by atoms with E-state index in [1.807, 2.05) is 91.0 Å². The zero-order valence-electron chi connectivity index (χ0n) is 35.1. The van der Waals surface area contributed by atoms with E-state index in [1.165, 1.54) is 0 Å². The van der Waals surface area contributed by atoms with Gasteiger partial charge >= 0.3 is 0 Å². The Balaban J connectivity index is 1.07. The molecule has 6 aromatic rings. The predicted molar refractivity (Wildman–Crippen MR) is 261 cm³/mol. The highest BCUT2D eigenvalue weighted by molar-refractivity contribution is 8.00. The molecule has 0 aliphatic carbocycles. The highest BCUT2D eigenvalue weighted by Gasteiger charge is 2.50. The summed E-state index contributed by atoms with van der Waals surface area (Å²) in [7, 11) is 0. The van der Waals surface area contributed by atoms with Crippen LogP contribution in [0.15, 0.2) is 189 Å². The Morgan fingerprint density at radius 1 is 0.540 bits per heavy atom. The number of fused-ring (bicyclic) bond motifs is 6. The van der Waals surface area contributed by atoms with Crippen molar-refractivity contribution in [3.05, 3.63) is 191 Å². The van der Waals surface area contributed by atoms with Crippen molar-refractivity contribution in [3.63, 3.8) is 0 Å². The third kappa shape index (κ3) is 6.78. The molecule has 0 saturated carbocycles. The Labute approximate surface area is 386 Å². The number of carbonyl (C=O) groups excluding carboxylic acids is 2. The van der Waals surface area contributed by atoms with Crippen molar-refractivity contribution < 1.29 is 14.2 Å². The molecule has 4 heterocycles. The Kier molecular flexibility index (Phi) is 10.5. The lowest BCUT2D eigenvalue weighted by Gasteiger charge is -2.42. The zero-order chi connectivity index (χ0) is 43.6. The number of hydrogen-bond acceptors (Lipinski definition) is 7. The fourth-order valence-electron chi connectivity index (χ4n) is 9.62. The van der Waals surface area contributed by atoms with Crippen molar-refractivity contribution in [2.75, 3.05) is 14.7 Å². The molecule has 2 atom stereocenters. The number of anilines is 5. The first-order chi connectivity index (χ1) is 30.5. The van der Waals surface area contributed by atoms with Crippen molar-refractivity contribution in [3.8, 4) is 0 Å². The molecule has 0 amide bonds. The van der Waals surface area contributed by atoms with Gasteiger partial charge in [-0.3, -0.25) is 14.5 Å². The molecule has 0 radical (unpaired) electrons. The fourth-order valence-corrected chi connectivity index (χ4v) is 12.1. The van der Waals surface area contributed by atoms with E-state index in [1.54, 1.807) is 23.5 Å². The van der Waals surface area contributed by atoms with Crippen LogP contribution in [0, 0.1) is 0 Å². The van der Waals surface area contributed by atoms with Crippen LogP contribution < -0.4 is 14.7 Å². The maximum absolute atomic E-state index is 13.7. The molecule has 0 spiro atoms. The van der Waals surface area contributed by atoms with Crippen molar-refractivity contribution in [2.45, 2.75) is 70.4 Å². The molecule has 10 rings (SSSR count). The van der Waals surface area contributed by atoms with E-state index in [4.69, 9.17) is 23.2 Å². The standard InChI is InChI=1S/C53H43Cl2N4O2S2/c1-52(2)36-16-8-10-18-38(36)58(50(32-60)56-40-20-12-14-22-44(40)62-46-28-26-34(54)30-42(46)56)48(52)24-6-5-7-25-49-53(3,4)37-17-9-11-19-39(37)59(49)51(33-61)57-41-21-13-15-23-45(41)63-47-29-27-35(55)31-43(47)57/h5-33,50-51H,1-4H3/q+1. The first kappa shape index (κ1) is 41.3. The fraction of sp³-hybridized carbons (Fsp3) is 0.151. The molecule has 63 heavy (non-hydrogen) atoms. The summed E-state index contributed by atoms with van der Waals surface area (Å²) >= 11 is 16.7. The van der Waals surface area contributed by atoms with Gasteiger partial charge in [-0.15, -0.1) is 0 Å². The van der Waals surface area contributed by atoms with Gasteiger partial charge in [0.1, 0.15) is 0 Å². The van der Waals surface area contributed by atoms with Gasteiger partial charge in [0.25, 0.3) is 6.17 Å². The molecular formula is C53H43Cl2N4O2S2+. The van der Waals surface area contributed by atoms with Crippen LogP contribution in [0.4, 0.5) is 34.1 Å². The largest absolute Gasteiger partial charge is 0.316 e. The van der Waals surface area contributed by atoms with Crippen LogP contribution in [0.1, 0.15) is 38.8 Å². The second-order valence-corrected chi connectivity index (χ2v) is 19.9. The summed E-state index contributed by atoms with van der Waals surface area (Å²) in [6, 6.07) is 44.9. The van der Waals surface area contributed by atoms with Gasteiger partial charge in [-0.2, -0.15) is 4.58 Å². The number of aldehydes is 2. The number of benzene rings is 6. The molecule has 0 bridgehead atoms. The second kappa shape index (κ2) is 16.1. The quantitative estimate of drug-likeness (QED) is 0.0814. The first-order valence-corrected chi connectivity index (χ1v) is 23.2. The highest BCUT2D eigenvalue weighted by atomic mass is 35.5. The molecule has 0 N–H and O–H groups in total. The summed E-state index contributed by atoms with van der Waals surface area (Å²) in [5.74, 6) is 0. The first-order valence-electron chi connectivity index (χ1n) is 20.9. The van der Waals surface area contributed by atoms with E-state index in [-0.39, 0.29) is 0 Å². The third-order valence-corrected chi connectivity index (χ3v) is 15.3. The minimum absolute atomic E-state index is 0.437. The lowest BCUT2D eigenvalue weighted by atomic mass is 9.81. The molecule has 0 saturated heterocycles. The van der Waals surface area contributed by atoms with Gasteiger partial charge in [0.15, 0.2) is 18.2 Å². The molecule has 4 aliphatic rings. The van der Waals surface area contributed by atoms with Gasteiger partial charge in [0.2, 0.25) is 12.0 Å². The smallest absolute Gasteiger partial charge is 0.295 e. The number of hydrogen-bond donors (Lipinski definition) is 0. The second-order valence-electron chi connectivity index (χ2n) is 16.9. The van der Waals surface area contributed by atoms with Crippen LogP contribution in [-0.4, -0.2) is 35.2 Å². The van der Waals surface area contributed by atoms with Gasteiger partial charge in [0, 0.05) is 64.1 Å². The van der Waals surface area contributed by atoms with E-state index in [0.29, 0.717) is 10.0 Å². The van der Waals surface area contributed by atoms with Crippen molar-refractivity contribution >= 4 is 99.1 Å². The summed E-state index contributed by atoms with van der Waals surface area (Å²) in [5, 5.41) is 1.21.